The molecule has 1 aromatic rings. The average molecular weight is 337 g/mol. The van der Waals surface area contributed by atoms with Gasteiger partial charge in [-0.15, -0.1) is 11.8 Å². The minimum absolute atomic E-state index is 0.111. The Morgan fingerprint density at radius 3 is 2.52 bits per heavy atom. The van der Waals surface area contributed by atoms with E-state index in [4.69, 9.17) is 9.47 Å². The van der Waals surface area contributed by atoms with E-state index in [9.17, 15) is 9.59 Å². The monoisotopic (exact) mass is 337 g/mol. The number of carbonyl (C=O) groups excluding carboxylic acids is 2. The lowest BCUT2D eigenvalue weighted by atomic mass is 9.94. The number of nitrogens with zero attached hydrogens (tertiary/aromatic N) is 1. The summed E-state index contributed by atoms with van der Waals surface area (Å²) in [6.45, 7) is 6.18. The molecule has 1 aromatic carbocycles. The molecule has 0 bridgehead atoms. The van der Waals surface area contributed by atoms with Gasteiger partial charge in [-0.05, 0) is 23.1 Å². The Balaban J connectivity index is 2.46. The van der Waals surface area contributed by atoms with Crippen molar-refractivity contribution in [2.24, 2.45) is 5.41 Å². The number of hydrogen-bond donors (Lipinski definition) is 0. The summed E-state index contributed by atoms with van der Waals surface area (Å²) in [7, 11) is 2.96. The Bertz CT molecular complexity index is 584. The molecule has 1 saturated heterocycles. The molecule has 0 radical (unpaired) electrons. The van der Waals surface area contributed by atoms with Crippen molar-refractivity contribution >= 4 is 24.1 Å². The van der Waals surface area contributed by atoms with Crippen LogP contribution in [0.25, 0.3) is 0 Å². The summed E-state index contributed by atoms with van der Waals surface area (Å²) < 4.78 is 10.2. The first-order valence-corrected chi connectivity index (χ1v) is 8.37. The van der Waals surface area contributed by atoms with Crippen molar-refractivity contribution in [2.45, 2.75) is 37.4 Å². The van der Waals surface area contributed by atoms with E-state index in [0.29, 0.717) is 0 Å². The number of methoxy groups -OCH3 is 2. The topological polar surface area (TPSA) is 55.8 Å². The molecular weight excluding hydrogens is 314 g/mol. The Morgan fingerprint density at radius 2 is 2.00 bits per heavy atom. The first-order chi connectivity index (χ1) is 10.8. The van der Waals surface area contributed by atoms with E-state index in [0.717, 1.165) is 17.7 Å². The largest absolute Gasteiger partial charge is 0.497 e. The van der Waals surface area contributed by atoms with Crippen LogP contribution in [0.3, 0.4) is 0 Å². The second-order valence-electron chi connectivity index (χ2n) is 6.57. The second-order valence-corrected chi connectivity index (χ2v) is 7.80. The third kappa shape index (κ3) is 3.47. The number of esters is 1. The molecular formula is C17H23NO4S. The minimum Gasteiger partial charge on any atom is -0.497 e. The maximum atomic E-state index is 12.3. The Labute approximate surface area is 141 Å². The van der Waals surface area contributed by atoms with Crippen molar-refractivity contribution in [2.75, 3.05) is 14.2 Å². The molecule has 1 heterocycles. The molecule has 5 nitrogen and oxygen atoms in total. The fourth-order valence-electron chi connectivity index (χ4n) is 2.80. The molecule has 1 aliphatic rings. The lowest BCUT2D eigenvalue weighted by Crippen LogP contribution is -2.46. The zero-order valence-electron chi connectivity index (χ0n) is 14.1. The zero-order valence-corrected chi connectivity index (χ0v) is 14.9. The van der Waals surface area contributed by atoms with Gasteiger partial charge in [0, 0.05) is 0 Å². The fourth-order valence-corrected chi connectivity index (χ4v) is 4.51. The summed E-state index contributed by atoms with van der Waals surface area (Å²) in [6.07, 6.45) is 0.755. The molecule has 126 valence electrons. The van der Waals surface area contributed by atoms with Crippen LogP contribution in [0.1, 0.15) is 31.6 Å². The number of amides is 1. The predicted octanol–water partition coefficient (Wildman–Crippen LogP) is 2.86. The molecule has 0 saturated carbocycles. The molecule has 0 spiro atoms. The van der Waals surface area contributed by atoms with Gasteiger partial charge in [-0.3, -0.25) is 4.79 Å². The van der Waals surface area contributed by atoms with Crippen LogP contribution in [-0.4, -0.2) is 42.9 Å². The predicted molar refractivity (Wildman–Crippen MR) is 90.3 cm³/mol. The van der Waals surface area contributed by atoms with Gasteiger partial charge in [-0.1, -0.05) is 32.9 Å². The van der Waals surface area contributed by atoms with E-state index in [1.54, 1.807) is 23.8 Å². The summed E-state index contributed by atoms with van der Waals surface area (Å²) in [5.74, 6) is 0.327. The van der Waals surface area contributed by atoms with Gasteiger partial charge in [-0.25, -0.2) is 4.79 Å². The maximum Gasteiger partial charge on any atom is 0.330 e. The average Bonchev–Trinajstić information content (AvgIpc) is 2.93. The zero-order chi connectivity index (χ0) is 17.2. The van der Waals surface area contributed by atoms with Crippen LogP contribution in [0, 0.1) is 5.41 Å². The molecule has 3 atom stereocenters. The highest BCUT2D eigenvalue weighted by atomic mass is 32.2. The Morgan fingerprint density at radius 1 is 1.30 bits per heavy atom. The van der Waals surface area contributed by atoms with Gasteiger partial charge in [0.1, 0.15) is 11.8 Å². The van der Waals surface area contributed by atoms with Gasteiger partial charge in [0.15, 0.2) is 0 Å². The highest BCUT2D eigenvalue weighted by Gasteiger charge is 2.50. The van der Waals surface area contributed by atoms with Crippen LogP contribution in [0.4, 0.5) is 0 Å². The van der Waals surface area contributed by atoms with Gasteiger partial charge in [-0.2, -0.15) is 0 Å². The van der Waals surface area contributed by atoms with E-state index < -0.39 is 12.0 Å². The summed E-state index contributed by atoms with van der Waals surface area (Å²) in [5, 5.41) is -0.299. The van der Waals surface area contributed by atoms with E-state index in [1.165, 1.54) is 7.11 Å². The number of carbonyl (C=O) groups is 2. The summed E-state index contributed by atoms with van der Waals surface area (Å²) in [5.41, 5.74) is 0.786. The molecule has 1 fully saturated rings. The SMILES string of the molecule is COC(=O)[C@@H]1[C@@H](c2cccc(OC)c2)S[C@H](C(C)(C)C)N1C=O. The van der Waals surface area contributed by atoms with E-state index >= 15 is 0 Å². The number of rotatable bonds is 4. The lowest BCUT2D eigenvalue weighted by Gasteiger charge is -2.33. The van der Waals surface area contributed by atoms with Gasteiger partial charge in [0.05, 0.1) is 24.8 Å². The summed E-state index contributed by atoms with van der Waals surface area (Å²) in [4.78, 5) is 25.6. The Kier molecular flexibility index (Phi) is 5.24. The second kappa shape index (κ2) is 6.83. The van der Waals surface area contributed by atoms with Crippen molar-refractivity contribution < 1.29 is 19.1 Å². The highest BCUT2D eigenvalue weighted by Crippen LogP contribution is 2.51. The number of benzene rings is 1. The van der Waals surface area contributed by atoms with Crippen LogP contribution in [0.2, 0.25) is 0 Å². The van der Waals surface area contributed by atoms with Crippen molar-refractivity contribution in [1.29, 1.82) is 0 Å². The molecule has 0 aromatic heterocycles. The van der Waals surface area contributed by atoms with Gasteiger partial charge in [0.25, 0.3) is 0 Å². The van der Waals surface area contributed by atoms with Crippen LogP contribution in [-0.2, 0) is 14.3 Å². The summed E-state index contributed by atoms with van der Waals surface area (Å²) in [6, 6.07) is 6.96. The quantitative estimate of drug-likeness (QED) is 0.625. The molecule has 0 aliphatic carbocycles. The molecule has 0 N–H and O–H groups in total. The molecule has 1 amide bonds. The van der Waals surface area contributed by atoms with E-state index in [-0.39, 0.29) is 16.0 Å². The molecule has 0 unspecified atom stereocenters. The highest BCUT2D eigenvalue weighted by molar-refractivity contribution is 8.00. The van der Waals surface area contributed by atoms with Crippen LogP contribution in [0.15, 0.2) is 24.3 Å². The Hall–Kier alpha value is -1.69. The van der Waals surface area contributed by atoms with E-state index in [1.807, 2.05) is 24.3 Å². The smallest absolute Gasteiger partial charge is 0.330 e. The van der Waals surface area contributed by atoms with Gasteiger partial charge in [0.2, 0.25) is 6.41 Å². The number of hydrogen-bond acceptors (Lipinski definition) is 5. The van der Waals surface area contributed by atoms with Crippen molar-refractivity contribution in [1.82, 2.24) is 4.90 Å². The third-order valence-corrected chi connectivity index (χ3v) is 5.91. The standard InChI is InChI=1S/C17H23NO4S/c1-17(2,3)16-18(10-19)13(15(20)22-5)14(23-16)11-7-6-8-12(9-11)21-4/h6-10,13-14,16H,1-5H3/t13-,14+,16+/m0/s1. The maximum absolute atomic E-state index is 12.3. The minimum atomic E-state index is -0.640. The van der Waals surface area contributed by atoms with Crippen LogP contribution >= 0.6 is 11.8 Å². The summed E-state index contributed by atoms with van der Waals surface area (Å²) >= 11 is 1.61. The van der Waals surface area contributed by atoms with Crippen molar-refractivity contribution in [3.8, 4) is 5.75 Å². The van der Waals surface area contributed by atoms with E-state index in [2.05, 4.69) is 20.8 Å². The van der Waals surface area contributed by atoms with Crippen molar-refractivity contribution in [3.05, 3.63) is 29.8 Å². The molecule has 1 aliphatic heterocycles. The van der Waals surface area contributed by atoms with Gasteiger partial charge < -0.3 is 14.4 Å². The van der Waals surface area contributed by atoms with Crippen LogP contribution < -0.4 is 4.74 Å². The van der Waals surface area contributed by atoms with Crippen molar-refractivity contribution in [3.63, 3.8) is 0 Å². The first-order valence-electron chi connectivity index (χ1n) is 7.43. The third-order valence-electron chi connectivity index (χ3n) is 3.88. The van der Waals surface area contributed by atoms with Gasteiger partial charge >= 0.3 is 5.97 Å². The van der Waals surface area contributed by atoms with Crippen LogP contribution in [0.5, 0.6) is 5.75 Å². The fraction of sp³-hybridized carbons (Fsp3) is 0.529. The normalized spacial score (nSPS) is 24.4. The number of thioether (sulfide) groups is 1. The molecule has 23 heavy (non-hydrogen) atoms. The number of ether oxygens (including phenoxy) is 2. The lowest BCUT2D eigenvalue weighted by molar-refractivity contribution is -0.150. The molecule has 6 heteroatoms. The first kappa shape index (κ1) is 17.7. The molecule has 2 rings (SSSR count).